The molecule has 1 amide bonds. The molecule has 0 aliphatic rings. The zero-order valence-corrected chi connectivity index (χ0v) is 18.5. The first kappa shape index (κ1) is 20.8. The number of aryl methyl sites for hydroxylation is 1. The van der Waals surface area contributed by atoms with Crippen molar-refractivity contribution < 1.29 is 4.79 Å². The molecule has 0 saturated heterocycles. The number of hydrogen-bond acceptors (Lipinski definition) is 2. The normalized spacial score (nSPS) is 12.1. The largest absolute Gasteiger partial charge is 0.347 e. The summed E-state index contributed by atoms with van der Waals surface area (Å²) in [4.78, 5) is 13.0. The zero-order valence-electron chi connectivity index (χ0n) is 18.5. The third kappa shape index (κ3) is 4.94. The third-order valence-electron chi connectivity index (χ3n) is 4.64. The fraction of sp³-hybridized carbons (Fsp3) is 0.360. The van der Waals surface area contributed by atoms with Gasteiger partial charge in [0.15, 0.2) is 0 Å². The van der Waals surface area contributed by atoms with Crippen molar-refractivity contribution in [3.8, 4) is 22.4 Å². The number of carbonyl (C=O) groups excluding carboxylic acids is 1. The number of aromatic nitrogens is 2. The Balaban J connectivity index is 2.17. The molecule has 4 heteroatoms. The maximum absolute atomic E-state index is 13.0. The lowest BCUT2D eigenvalue weighted by Gasteiger charge is -2.24. The summed E-state index contributed by atoms with van der Waals surface area (Å²) in [5.41, 5.74) is 5.48. The van der Waals surface area contributed by atoms with Crippen LogP contribution in [0.1, 0.15) is 57.5 Å². The Morgan fingerprint density at radius 1 is 0.862 bits per heavy atom. The van der Waals surface area contributed by atoms with Gasteiger partial charge in [-0.15, -0.1) is 0 Å². The first-order valence-electron chi connectivity index (χ1n) is 10.0. The van der Waals surface area contributed by atoms with Gasteiger partial charge in [-0.1, -0.05) is 29.8 Å². The number of amides is 1. The molecule has 0 aliphatic heterocycles. The van der Waals surface area contributed by atoms with Gasteiger partial charge < -0.3 is 5.32 Å². The Kier molecular flexibility index (Phi) is 5.40. The topological polar surface area (TPSA) is 46.9 Å². The molecule has 0 spiro atoms. The van der Waals surface area contributed by atoms with E-state index >= 15 is 0 Å². The average molecular weight is 390 g/mol. The summed E-state index contributed by atoms with van der Waals surface area (Å²) in [7, 11) is 0. The molecular formula is C25H31N3O. The van der Waals surface area contributed by atoms with E-state index in [4.69, 9.17) is 0 Å². The summed E-state index contributed by atoms with van der Waals surface area (Å²) in [5.74, 6) is -0.0745. The second kappa shape index (κ2) is 7.51. The van der Waals surface area contributed by atoms with E-state index in [2.05, 4.69) is 68.4 Å². The molecule has 0 fully saturated rings. The SMILES string of the molecule is Cc1ccc(-c2cc(C(=O)NC(C)(C)C)cc(-c3ccnn3C(C)(C)C)c2)cc1. The third-order valence-corrected chi connectivity index (χ3v) is 4.64. The minimum atomic E-state index is -0.301. The lowest BCUT2D eigenvalue weighted by atomic mass is 9.96. The van der Waals surface area contributed by atoms with Crippen LogP contribution in [-0.2, 0) is 5.54 Å². The Morgan fingerprint density at radius 2 is 1.48 bits per heavy atom. The van der Waals surface area contributed by atoms with Gasteiger partial charge in [0.1, 0.15) is 0 Å². The van der Waals surface area contributed by atoms with Gasteiger partial charge in [0.25, 0.3) is 5.91 Å². The van der Waals surface area contributed by atoms with Crippen molar-refractivity contribution in [2.45, 2.75) is 59.5 Å². The monoisotopic (exact) mass is 389 g/mol. The highest BCUT2D eigenvalue weighted by Gasteiger charge is 2.21. The van der Waals surface area contributed by atoms with Gasteiger partial charge in [-0.3, -0.25) is 9.48 Å². The predicted octanol–water partition coefficient (Wildman–Crippen LogP) is 5.81. The van der Waals surface area contributed by atoms with Gasteiger partial charge in [-0.05, 0) is 83.9 Å². The number of hydrogen-bond donors (Lipinski definition) is 1. The molecule has 0 unspecified atom stereocenters. The second-order valence-electron chi connectivity index (χ2n) is 9.67. The van der Waals surface area contributed by atoms with Crippen molar-refractivity contribution in [1.82, 2.24) is 15.1 Å². The van der Waals surface area contributed by atoms with Gasteiger partial charge in [-0.25, -0.2) is 0 Å². The highest BCUT2D eigenvalue weighted by molar-refractivity contribution is 5.97. The Bertz CT molecular complexity index is 1020. The van der Waals surface area contributed by atoms with Crippen LogP contribution in [0.25, 0.3) is 22.4 Å². The molecule has 0 bridgehead atoms. The molecule has 2 aromatic carbocycles. The quantitative estimate of drug-likeness (QED) is 0.614. The number of nitrogens with one attached hydrogen (secondary N) is 1. The molecule has 1 N–H and O–H groups in total. The van der Waals surface area contributed by atoms with E-state index in [0.29, 0.717) is 5.56 Å². The first-order valence-corrected chi connectivity index (χ1v) is 10.0. The van der Waals surface area contributed by atoms with E-state index in [1.54, 1.807) is 0 Å². The van der Waals surface area contributed by atoms with Crippen molar-refractivity contribution >= 4 is 5.91 Å². The molecule has 3 rings (SSSR count). The van der Waals surface area contributed by atoms with E-state index in [9.17, 15) is 4.79 Å². The Morgan fingerprint density at radius 3 is 2.07 bits per heavy atom. The average Bonchev–Trinajstić information content (AvgIpc) is 3.11. The van der Waals surface area contributed by atoms with Crippen LogP contribution in [0.5, 0.6) is 0 Å². The summed E-state index contributed by atoms with van der Waals surface area (Å²) in [6.45, 7) is 14.4. The number of rotatable bonds is 3. The first-order chi connectivity index (χ1) is 13.4. The lowest BCUT2D eigenvalue weighted by molar-refractivity contribution is 0.0919. The number of carbonyl (C=O) groups is 1. The summed E-state index contributed by atoms with van der Waals surface area (Å²) in [5, 5.41) is 7.61. The van der Waals surface area contributed by atoms with Gasteiger partial charge >= 0.3 is 0 Å². The molecule has 4 nitrogen and oxygen atoms in total. The van der Waals surface area contributed by atoms with Crippen molar-refractivity contribution in [2.75, 3.05) is 0 Å². The molecule has 0 saturated carbocycles. The molecule has 0 radical (unpaired) electrons. The molecule has 1 heterocycles. The van der Waals surface area contributed by atoms with Crippen molar-refractivity contribution in [3.63, 3.8) is 0 Å². The van der Waals surface area contributed by atoms with Crippen LogP contribution in [-0.4, -0.2) is 21.2 Å². The van der Waals surface area contributed by atoms with Crippen LogP contribution in [0.2, 0.25) is 0 Å². The Hall–Kier alpha value is -2.88. The number of nitrogens with zero attached hydrogens (tertiary/aromatic N) is 2. The van der Waals surface area contributed by atoms with Crippen molar-refractivity contribution in [1.29, 1.82) is 0 Å². The molecule has 152 valence electrons. The van der Waals surface area contributed by atoms with Crippen LogP contribution in [0.15, 0.2) is 54.7 Å². The van der Waals surface area contributed by atoms with E-state index < -0.39 is 0 Å². The van der Waals surface area contributed by atoms with Gasteiger partial charge in [0.05, 0.1) is 11.2 Å². The molecule has 29 heavy (non-hydrogen) atoms. The highest BCUT2D eigenvalue weighted by Crippen LogP contribution is 2.31. The highest BCUT2D eigenvalue weighted by atomic mass is 16.1. The van der Waals surface area contributed by atoms with Crippen molar-refractivity contribution in [3.05, 3.63) is 65.9 Å². The fourth-order valence-electron chi connectivity index (χ4n) is 3.29. The molecule has 0 atom stereocenters. The second-order valence-corrected chi connectivity index (χ2v) is 9.67. The molecule has 3 aromatic rings. The summed E-state index contributed by atoms with van der Waals surface area (Å²) >= 11 is 0. The zero-order chi connectivity index (χ0) is 21.4. The lowest BCUT2D eigenvalue weighted by Crippen LogP contribution is -2.40. The number of benzene rings is 2. The van der Waals surface area contributed by atoms with E-state index in [0.717, 1.165) is 22.4 Å². The van der Waals surface area contributed by atoms with Crippen LogP contribution in [0.3, 0.4) is 0 Å². The van der Waals surface area contributed by atoms with Crippen LogP contribution < -0.4 is 5.32 Å². The molecule has 0 aliphatic carbocycles. The minimum absolute atomic E-state index is 0.0745. The molecule has 1 aromatic heterocycles. The van der Waals surface area contributed by atoms with E-state index in [-0.39, 0.29) is 17.0 Å². The Labute approximate surface area is 174 Å². The standard InChI is InChI=1S/C25H31N3O/c1-17-8-10-18(11-9-17)19-14-20(22-12-13-26-28(22)25(5,6)7)16-21(15-19)23(29)27-24(2,3)4/h8-16H,1-7H3,(H,27,29). The maximum atomic E-state index is 13.0. The molecular weight excluding hydrogens is 358 g/mol. The minimum Gasteiger partial charge on any atom is -0.347 e. The van der Waals surface area contributed by atoms with Crippen molar-refractivity contribution in [2.24, 2.45) is 0 Å². The van der Waals surface area contributed by atoms with E-state index in [1.807, 2.05) is 49.8 Å². The summed E-state index contributed by atoms with van der Waals surface area (Å²) < 4.78 is 2.01. The smallest absolute Gasteiger partial charge is 0.251 e. The van der Waals surface area contributed by atoms with Crippen LogP contribution >= 0.6 is 0 Å². The fourth-order valence-corrected chi connectivity index (χ4v) is 3.29. The maximum Gasteiger partial charge on any atom is 0.251 e. The predicted molar refractivity (Wildman–Crippen MR) is 120 cm³/mol. The van der Waals surface area contributed by atoms with Crippen LogP contribution in [0, 0.1) is 6.92 Å². The summed E-state index contributed by atoms with van der Waals surface area (Å²) in [6, 6.07) is 16.4. The van der Waals surface area contributed by atoms with Gasteiger partial charge in [0, 0.05) is 22.9 Å². The summed E-state index contributed by atoms with van der Waals surface area (Å²) in [6.07, 6.45) is 1.81. The van der Waals surface area contributed by atoms with E-state index in [1.165, 1.54) is 5.56 Å². The van der Waals surface area contributed by atoms with Gasteiger partial charge in [-0.2, -0.15) is 5.10 Å². The van der Waals surface area contributed by atoms with Gasteiger partial charge in [0.2, 0.25) is 0 Å². The van der Waals surface area contributed by atoms with Crippen LogP contribution in [0.4, 0.5) is 0 Å².